The summed E-state index contributed by atoms with van der Waals surface area (Å²) < 4.78 is 6.18. The maximum atomic E-state index is 14.3. The molecule has 1 aromatic heterocycles. The molecule has 2 aromatic rings. The first-order valence-corrected chi connectivity index (χ1v) is 19.6. The molecule has 0 bridgehead atoms. The van der Waals surface area contributed by atoms with Crippen LogP contribution in [0, 0.1) is 17.8 Å². The van der Waals surface area contributed by atoms with Crippen molar-refractivity contribution in [2.75, 3.05) is 19.7 Å². The molecule has 258 valence electrons. The average Bonchev–Trinajstić information content (AvgIpc) is 3.75. The van der Waals surface area contributed by atoms with E-state index in [1.807, 2.05) is 16.7 Å². The largest absolute Gasteiger partial charge is 0.493 e. The Balaban J connectivity index is 1.63. The third-order valence-corrected chi connectivity index (χ3v) is 11.6. The number of thiophene rings is 1. The fourth-order valence-corrected chi connectivity index (χ4v) is 8.08. The average molecular weight is 661 g/mol. The van der Waals surface area contributed by atoms with Gasteiger partial charge in [0.2, 0.25) is 0 Å². The van der Waals surface area contributed by atoms with Crippen molar-refractivity contribution >= 4 is 28.8 Å². The van der Waals surface area contributed by atoms with E-state index in [0.29, 0.717) is 42.0 Å². The number of amides is 2. The van der Waals surface area contributed by atoms with Crippen molar-refractivity contribution in [1.82, 2.24) is 9.80 Å². The predicted octanol–water partition coefficient (Wildman–Crippen LogP) is 11.1. The smallest absolute Gasteiger partial charge is 0.261 e. The fraction of sp³-hybridized carbons (Fsp3) is 0.610. The molecule has 0 saturated heterocycles. The molecule has 6 heteroatoms. The molecule has 2 amide bonds. The summed E-state index contributed by atoms with van der Waals surface area (Å²) in [5, 5.41) is 0. The second-order valence-electron chi connectivity index (χ2n) is 13.8. The van der Waals surface area contributed by atoms with Gasteiger partial charge in [-0.05, 0) is 85.9 Å². The van der Waals surface area contributed by atoms with E-state index in [-0.39, 0.29) is 11.8 Å². The maximum Gasteiger partial charge on any atom is 0.261 e. The standard InChI is InChI=1S/C41H60N2O3S/c1-8-14-17-30(11-4)26-42-29(7)37-38(41(42)45)39(43(40(37)44)27-31(12-5)18-15-9-2)36-25-24-35(47-36)33-20-22-34(23-21-33)46-28-32(13-6)19-16-10-3/h20-25,30-32H,8-19,26-28H2,1-7H3. The summed E-state index contributed by atoms with van der Waals surface area (Å²) in [6, 6.07) is 12.7. The first kappa shape index (κ1) is 37.0. The van der Waals surface area contributed by atoms with Crippen molar-refractivity contribution in [3.05, 3.63) is 58.1 Å². The van der Waals surface area contributed by atoms with Crippen LogP contribution in [0.25, 0.3) is 16.1 Å². The number of carbonyl (C=O) groups is 2. The lowest BCUT2D eigenvalue weighted by Crippen LogP contribution is -2.34. The Hall–Kier alpha value is -2.86. The van der Waals surface area contributed by atoms with Gasteiger partial charge in [0.15, 0.2) is 0 Å². The van der Waals surface area contributed by atoms with Crippen molar-refractivity contribution in [2.24, 2.45) is 17.8 Å². The summed E-state index contributed by atoms with van der Waals surface area (Å²) in [4.78, 5) is 34.5. The molecule has 0 aliphatic carbocycles. The van der Waals surface area contributed by atoms with E-state index in [9.17, 15) is 9.59 Å². The van der Waals surface area contributed by atoms with Crippen LogP contribution in [0.1, 0.15) is 130 Å². The molecule has 5 nitrogen and oxygen atoms in total. The van der Waals surface area contributed by atoms with Gasteiger partial charge in [-0.15, -0.1) is 11.3 Å². The lowest BCUT2D eigenvalue weighted by molar-refractivity contribution is -0.124. The van der Waals surface area contributed by atoms with Crippen molar-refractivity contribution in [1.29, 1.82) is 0 Å². The van der Waals surface area contributed by atoms with Gasteiger partial charge in [-0.1, -0.05) is 99.3 Å². The highest BCUT2D eigenvalue weighted by Crippen LogP contribution is 2.47. The Bertz CT molecular complexity index is 1390. The van der Waals surface area contributed by atoms with Crippen molar-refractivity contribution in [3.63, 3.8) is 0 Å². The molecule has 4 rings (SSSR count). The molecule has 1 aromatic carbocycles. The number of hydrogen-bond acceptors (Lipinski definition) is 4. The quantitative estimate of drug-likeness (QED) is 0.134. The second-order valence-corrected chi connectivity index (χ2v) is 14.8. The molecule has 0 saturated carbocycles. The molecule has 3 heterocycles. The van der Waals surface area contributed by atoms with Crippen LogP contribution in [0.3, 0.4) is 0 Å². The van der Waals surface area contributed by atoms with Crippen LogP contribution in [-0.4, -0.2) is 41.3 Å². The highest BCUT2D eigenvalue weighted by atomic mass is 32.1. The van der Waals surface area contributed by atoms with Crippen molar-refractivity contribution in [3.8, 4) is 16.2 Å². The van der Waals surface area contributed by atoms with E-state index in [1.165, 1.54) is 19.3 Å². The van der Waals surface area contributed by atoms with Crippen LogP contribution in [0.15, 0.2) is 53.2 Å². The molecular formula is C41H60N2O3S. The van der Waals surface area contributed by atoms with E-state index in [0.717, 1.165) is 96.9 Å². The SMILES string of the molecule is CCCCC(CC)COc1ccc(-c2ccc(C3=C4C(=O)N(CC(CC)CCCC)C(C)=C4C(=O)N3CC(CC)CCCC)s2)cc1. The molecule has 0 radical (unpaired) electrons. The molecule has 3 atom stereocenters. The van der Waals surface area contributed by atoms with Gasteiger partial charge in [0, 0.05) is 23.7 Å². The van der Waals surface area contributed by atoms with E-state index >= 15 is 0 Å². The van der Waals surface area contributed by atoms with E-state index < -0.39 is 0 Å². The molecule has 2 aliphatic rings. The summed E-state index contributed by atoms with van der Waals surface area (Å²) in [5.74, 6) is 2.34. The molecule has 0 fully saturated rings. The molecule has 3 unspecified atom stereocenters. The Kier molecular flexibility index (Phi) is 14.2. The fourth-order valence-electron chi connectivity index (χ4n) is 7.01. The van der Waals surface area contributed by atoms with Crippen LogP contribution >= 0.6 is 11.3 Å². The van der Waals surface area contributed by atoms with Gasteiger partial charge in [-0.2, -0.15) is 0 Å². The third kappa shape index (κ3) is 8.79. The Morgan fingerprint density at radius 3 is 1.70 bits per heavy atom. The number of benzene rings is 1. The highest BCUT2D eigenvalue weighted by Gasteiger charge is 2.48. The minimum absolute atomic E-state index is 0.000627. The number of rotatable bonds is 21. The molecule has 2 aliphatic heterocycles. The number of unbranched alkanes of at least 4 members (excludes halogenated alkanes) is 3. The molecule has 0 spiro atoms. The minimum atomic E-state index is 0.000627. The zero-order valence-corrected chi connectivity index (χ0v) is 31.1. The molecule has 0 N–H and O–H groups in total. The first-order chi connectivity index (χ1) is 22.8. The summed E-state index contributed by atoms with van der Waals surface area (Å²) in [5.41, 5.74) is 4.02. The van der Waals surface area contributed by atoms with E-state index in [4.69, 9.17) is 4.74 Å². The van der Waals surface area contributed by atoms with Crippen LogP contribution in [-0.2, 0) is 9.59 Å². The zero-order chi connectivity index (χ0) is 33.9. The summed E-state index contributed by atoms with van der Waals surface area (Å²) in [6.07, 6.45) is 13.7. The molecular weight excluding hydrogens is 601 g/mol. The Labute approximate surface area is 289 Å². The van der Waals surface area contributed by atoms with Gasteiger partial charge >= 0.3 is 0 Å². The van der Waals surface area contributed by atoms with Gasteiger partial charge in [0.25, 0.3) is 11.8 Å². The summed E-state index contributed by atoms with van der Waals surface area (Å²) in [7, 11) is 0. The van der Waals surface area contributed by atoms with E-state index in [1.54, 1.807) is 11.3 Å². The highest BCUT2D eigenvalue weighted by molar-refractivity contribution is 7.16. The van der Waals surface area contributed by atoms with Gasteiger partial charge in [0.1, 0.15) is 5.75 Å². The molecule has 47 heavy (non-hydrogen) atoms. The van der Waals surface area contributed by atoms with Crippen molar-refractivity contribution in [2.45, 2.75) is 126 Å². The van der Waals surface area contributed by atoms with Crippen LogP contribution in [0.4, 0.5) is 0 Å². The number of hydrogen-bond donors (Lipinski definition) is 0. The number of allylic oxidation sites excluding steroid dienone is 1. The van der Waals surface area contributed by atoms with Crippen LogP contribution < -0.4 is 4.74 Å². The maximum absolute atomic E-state index is 14.3. The Morgan fingerprint density at radius 1 is 0.638 bits per heavy atom. The van der Waals surface area contributed by atoms with E-state index in [2.05, 4.69) is 77.9 Å². The lowest BCUT2D eigenvalue weighted by Gasteiger charge is -2.28. The monoisotopic (exact) mass is 660 g/mol. The first-order valence-electron chi connectivity index (χ1n) is 18.7. The third-order valence-electron chi connectivity index (χ3n) is 10.4. The van der Waals surface area contributed by atoms with Crippen LogP contribution in [0.5, 0.6) is 5.75 Å². The number of ether oxygens (including phenoxy) is 1. The second kappa shape index (κ2) is 18.1. The minimum Gasteiger partial charge on any atom is -0.493 e. The lowest BCUT2D eigenvalue weighted by atomic mass is 9.98. The summed E-state index contributed by atoms with van der Waals surface area (Å²) >= 11 is 1.68. The van der Waals surface area contributed by atoms with Gasteiger partial charge in [0.05, 0.1) is 28.3 Å². The topological polar surface area (TPSA) is 49.9 Å². The van der Waals surface area contributed by atoms with Crippen LogP contribution in [0.2, 0.25) is 0 Å². The number of carbonyl (C=O) groups excluding carboxylic acids is 2. The Morgan fingerprint density at radius 2 is 1.15 bits per heavy atom. The zero-order valence-electron chi connectivity index (χ0n) is 30.3. The number of nitrogens with zero attached hydrogens (tertiary/aromatic N) is 2. The van der Waals surface area contributed by atoms with Gasteiger partial charge in [-0.25, -0.2) is 0 Å². The number of fused-ring (bicyclic) bond motifs is 1. The van der Waals surface area contributed by atoms with Crippen molar-refractivity contribution < 1.29 is 14.3 Å². The van der Waals surface area contributed by atoms with Gasteiger partial charge in [-0.3, -0.25) is 9.59 Å². The normalized spacial score (nSPS) is 16.8. The van der Waals surface area contributed by atoms with Gasteiger partial charge < -0.3 is 14.5 Å². The summed E-state index contributed by atoms with van der Waals surface area (Å²) in [6.45, 7) is 17.4. The predicted molar refractivity (Wildman–Crippen MR) is 198 cm³/mol.